The second kappa shape index (κ2) is 7.71. The van der Waals surface area contributed by atoms with Gasteiger partial charge in [0.05, 0.1) is 16.2 Å². The molecule has 11 heteroatoms. The Morgan fingerprint density at radius 2 is 1.93 bits per heavy atom. The standard InChI is InChI=1S/C19H14ClFN4O3S2/c1-25-18(19(26)22-11-5-7-15(21)14(20)9-11)13-6-4-12(10-16(13)23-25)24-30(27,28)17-3-2-8-29-17/h2-10,24H,1H3,(H,22,26). The molecule has 4 rings (SSSR count). The number of thiophene rings is 1. The van der Waals surface area contributed by atoms with Crippen molar-refractivity contribution in [2.75, 3.05) is 10.0 Å². The van der Waals surface area contributed by atoms with Crippen LogP contribution < -0.4 is 10.0 Å². The van der Waals surface area contributed by atoms with E-state index in [9.17, 15) is 17.6 Å². The lowest BCUT2D eigenvalue weighted by Crippen LogP contribution is -2.16. The predicted molar refractivity (Wildman–Crippen MR) is 115 cm³/mol. The normalized spacial score (nSPS) is 11.6. The number of hydrogen-bond donors (Lipinski definition) is 2. The molecule has 0 radical (unpaired) electrons. The third kappa shape index (κ3) is 3.89. The summed E-state index contributed by atoms with van der Waals surface area (Å²) in [4.78, 5) is 12.8. The Morgan fingerprint density at radius 3 is 2.63 bits per heavy atom. The predicted octanol–water partition coefficient (Wildman–Crippen LogP) is 4.48. The van der Waals surface area contributed by atoms with Gasteiger partial charge in [-0.05, 0) is 47.8 Å². The van der Waals surface area contributed by atoms with Crippen LogP contribution in [0.25, 0.3) is 10.9 Å². The van der Waals surface area contributed by atoms with Gasteiger partial charge in [-0.3, -0.25) is 14.2 Å². The second-order valence-electron chi connectivity index (χ2n) is 6.32. The average molecular weight is 465 g/mol. The highest BCUT2D eigenvalue weighted by Crippen LogP contribution is 2.26. The van der Waals surface area contributed by atoms with Gasteiger partial charge in [0, 0.05) is 18.1 Å². The molecule has 7 nitrogen and oxygen atoms in total. The number of carbonyl (C=O) groups is 1. The van der Waals surface area contributed by atoms with Crippen LogP contribution in [-0.4, -0.2) is 24.1 Å². The number of fused-ring (bicyclic) bond motifs is 1. The number of sulfonamides is 1. The molecule has 0 bridgehead atoms. The van der Waals surface area contributed by atoms with Crippen LogP contribution in [0.15, 0.2) is 58.1 Å². The monoisotopic (exact) mass is 464 g/mol. The van der Waals surface area contributed by atoms with Gasteiger partial charge in [0.15, 0.2) is 0 Å². The van der Waals surface area contributed by atoms with Crippen molar-refractivity contribution in [3.05, 3.63) is 70.4 Å². The third-order valence-electron chi connectivity index (χ3n) is 4.24. The van der Waals surface area contributed by atoms with E-state index >= 15 is 0 Å². The molecular formula is C19H14ClFN4O3S2. The summed E-state index contributed by atoms with van der Waals surface area (Å²) in [6.45, 7) is 0. The zero-order chi connectivity index (χ0) is 21.5. The van der Waals surface area contributed by atoms with Gasteiger partial charge >= 0.3 is 0 Å². The highest BCUT2D eigenvalue weighted by Gasteiger charge is 2.20. The lowest BCUT2D eigenvalue weighted by Gasteiger charge is -2.07. The largest absolute Gasteiger partial charge is 0.321 e. The number of aromatic nitrogens is 2. The topological polar surface area (TPSA) is 93.1 Å². The van der Waals surface area contributed by atoms with E-state index in [-0.39, 0.29) is 14.9 Å². The van der Waals surface area contributed by atoms with E-state index in [1.54, 1.807) is 36.7 Å². The lowest BCUT2D eigenvalue weighted by atomic mass is 10.2. The van der Waals surface area contributed by atoms with Crippen molar-refractivity contribution in [1.29, 1.82) is 0 Å². The molecule has 0 unspecified atom stereocenters. The van der Waals surface area contributed by atoms with Gasteiger partial charge in [0.2, 0.25) is 0 Å². The van der Waals surface area contributed by atoms with Crippen molar-refractivity contribution < 1.29 is 17.6 Å². The van der Waals surface area contributed by atoms with Crippen LogP contribution in [0.3, 0.4) is 0 Å². The SMILES string of the molecule is Cn1nc2cc(NS(=O)(=O)c3cccs3)ccc2c1C(=O)Nc1ccc(F)c(Cl)c1. The van der Waals surface area contributed by atoms with Crippen molar-refractivity contribution in [2.24, 2.45) is 7.05 Å². The summed E-state index contributed by atoms with van der Waals surface area (Å²) >= 11 is 6.87. The number of nitrogens with zero attached hydrogens (tertiary/aromatic N) is 2. The molecule has 0 aliphatic rings. The van der Waals surface area contributed by atoms with Crippen molar-refractivity contribution in [3.8, 4) is 0 Å². The van der Waals surface area contributed by atoms with E-state index in [1.165, 1.54) is 22.9 Å². The minimum absolute atomic E-state index is 0.106. The summed E-state index contributed by atoms with van der Waals surface area (Å²) in [5.74, 6) is -1.05. The Morgan fingerprint density at radius 1 is 1.17 bits per heavy atom. The fourth-order valence-electron chi connectivity index (χ4n) is 2.92. The molecule has 2 aromatic heterocycles. The van der Waals surface area contributed by atoms with Crippen LogP contribution in [0.5, 0.6) is 0 Å². The Labute approximate surface area is 180 Å². The van der Waals surface area contributed by atoms with E-state index in [0.29, 0.717) is 22.3 Å². The Kier molecular flexibility index (Phi) is 5.22. The minimum Gasteiger partial charge on any atom is -0.321 e. The second-order valence-corrected chi connectivity index (χ2v) is 9.59. The van der Waals surface area contributed by atoms with Gasteiger partial charge in [-0.1, -0.05) is 17.7 Å². The fraction of sp³-hybridized carbons (Fsp3) is 0.0526. The number of carbonyl (C=O) groups excluding carboxylic acids is 1. The number of nitrogens with one attached hydrogen (secondary N) is 2. The van der Waals surface area contributed by atoms with Crippen molar-refractivity contribution in [2.45, 2.75) is 4.21 Å². The highest BCUT2D eigenvalue weighted by atomic mass is 35.5. The minimum atomic E-state index is -3.70. The molecule has 0 atom stereocenters. The van der Waals surface area contributed by atoms with Gasteiger partial charge in [-0.25, -0.2) is 12.8 Å². The van der Waals surface area contributed by atoms with Gasteiger partial charge in [0.1, 0.15) is 15.7 Å². The quantitative estimate of drug-likeness (QED) is 0.455. The van der Waals surface area contributed by atoms with E-state index < -0.39 is 21.7 Å². The molecule has 0 aliphatic carbocycles. The number of anilines is 2. The zero-order valence-corrected chi connectivity index (χ0v) is 17.8. The van der Waals surface area contributed by atoms with E-state index in [0.717, 1.165) is 17.4 Å². The number of aryl methyl sites for hydroxylation is 1. The number of halogens is 2. The van der Waals surface area contributed by atoms with E-state index in [2.05, 4.69) is 15.1 Å². The zero-order valence-electron chi connectivity index (χ0n) is 15.4. The maximum atomic E-state index is 13.3. The van der Waals surface area contributed by atoms with Crippen molar-refractivity contribution in [3.63, 3.8) is 0 Å². The summed E-state index contributed by atoms with van der Waals surface area (Å²) in [5.41, 5.74) is 1.36. The molecule has 0 aliphatic heterocycles. The first-order valence-corrected chi connectivity index (χ1v) is 11.3. The van der Waals surface area contributed by atoms with Crippen molar-refractivity contribution >= 4 is 61.1 Å². The molecule has 0 spiro atoms. The molecule has 2 N–H and O–H groups in total. The van der Waals surface area contributed by atoms with Crippen LogP contribution in [0.1, 0.15) is 10.5 Å². The van der Waals surface area contributed by atoms with Gasteiger partial charge in [-0.15, -0.1) is 11.3 Å². The van der Waals surface area contributed by atoms with Crippen LogP contribution in [0, 0.1) is 5.82 Å². The summed E-state index contributed by atoms with van der Waals surface area (Å²) in [6.07, 6.45) is 0. The lowest BCUT2D eigenvalue weighted by molar-refractivity contribution is 0.101. The molecule has 2 aromatic carbocycles. The Balaban J connectivity index is 1.63. The highest BCUT2D eigenvalue weighted by molar-refractivity contribution is 7.94. The van der Waals surface area contributed by atoms with Gasteiger partial charge in [0.25, 0.3) is 15.9 Å². The number of rotatable bonds is 5. The molecule has 4 aromatic rings. The first-order chi connectivity index (χ1) is 14.2. The maximum Gasteiger partial charge on any atom is 0.274 e. The average Bonchev–Trinajstić information content (AvgIpc) is 3.32. The Hall–Kier alpha value is -2.95. The van der Waals surface area contributed by atoms with E-state index in [4.69, 9.17) is 11.6 Å². The summed E-state index contributed by atoms with van der Waals surface area (Å²) in [6, 6.07) is 11.7. The van der Waals surface area contributed by atoms with Crippen LogP contribution in [0.2, 0.25) is 5.02 Å². The molecule has 1 amide bonds. The van der Waals surface area contributed by atoms with Crippen LogP contribution >= 0.6 is 22.9 Å². The number of benzene rings is 2. The maximum absolute atomic E-state index is 13.3. The molecule has 0 saturated carbocycles. The molecule has 0 fully saturated rings. The first-order valence-electron chi connectivity index (χ1n) is 8.54. The van der Waals surface area contributed by atoms with Crippen molar-refractivity contribution in [1.82, 2.24) is 9.78 Å². The molecule has 2 heterocycles. The number of amides is 1. The van der Waals surface area contributed by atoms with Gasteiger partial charge < -0.3 is 5.32 Å². The fourth-order valence-corrected chi connectivity index (χ4v) is 5.14. The number of hydrogen-bond acceptors (Lipinski definition) is 5. The van der Waals surface area contributed by atoms with Crippen LogP contribution in [-0.2, 0) is 17.1 Å². The van der Waals surface area contributed by atoms with E-state index in [1.807, 2.05) is 0 Å². The molecule has 30 heavy (non-hydrogen) atoms. The molecule has 0 saturated heterocycles. The molecule has 154 valence electrons. The smallest absolute Gasteiger partial charge is 0.274 e. The summed E-state index contributed by atoms with van der Waals surface area (Å²) in [7, 11) is -2.10. The van der Waals surface area contributed by atoms with Crippen LogP contribution in [0.4, 0.5) is 15.8 Å². The summed E-state index contributed by atoms with van der Waals surface area (Å²) in [5, 5.41) is 9.05. The Bertz CT molecular complexity index is 1370. The summed E-state index contributed by atoms with van der Waals surface area (Å²) < 4.78 is 42.2. The first kappa shape index (κ1) is 20.3. The van der Waals surface area contributed by atoms with Gasteiger partial charge in [-0.2, -0.15) is 5.10 Å². The third-order valence-corrected chi connectivity index (χ3v) is 7.31. The molecular weight excluding hydrogens is 451 g/mol.